The van der Waals surface area contributed by atoms with Crippen LogP contribution in [0.15, 0.2) is 30.3 Å². The first-order valence-corrected chi connectivity index (χ1v) is 11.6. The lowest BCUT2D eigenvalue weighted by molar-refractivity contribution is -0.140. The molecule has 1 aromatic rings. The number of carbonyl (C=O) groups is 2. The Kier molecular flexibility index (Phi) is 7.07. The van der Waals surface area contributed by atoms with Gasteiger partial charge in [-0.1, -0.05) is 30.3 Å². The van der Waals surface area contributed by atoms with Gasteiger partial charge in [0.1, 0.15) is 0 Å². The molecule has 0 bridgehead atoms. The van der Waals surface area contributed by atoms with Gasteiger partial charge in [0, 0.05) is 39.3 Å². The highest BCUT2D eigenvalue weighted by Gasteiger charge is 2.34. The number of hydrogen-bond donors (Lipinski definition) is 0. The lowest BCUT2D eigenvalue weighted by atomic mass is 9.98. The van der Waals surface area contributed by atoms with E-state index in [0.29, 0.717) is 45.6 Å². The number of nitrogens with zero attached hydrogens (tertiary/aromatic N) is 3. The molecule has 2 aliphatic heterocycles. The molecule has 154 valence electrons. The smallest absolute Gasteiger partial charge is 0.227 e. The summed E-state index contributed by atoms with van der Waals surface area (Å²) in [5.74, 6) is -0.143. The van der Waals surface area contributed by atoms with Crippen molar-refractivity contribution in [1.82, 2.24) is 14.1 Å². The van der Waals surface area contributed by atoms with Gasteiger partial charge in [0.25, 0.3) is 0 Å². The van der Waals surface area contributed by atoms with Crippen molar-refractivity contribution in [2.24, 2.45) is 5.92 Å². The van der Waals surface area contributed by atoms with E-state index in [1.165, 1.54) is 4.31 Å². The second kappa shape index (κ2) is 9.52. The van der Waals surface area contributed by atoms with Crippen LogP contribution in [-0.4, -0.2) is 79.9 Å². The predicted molar refractivity (Wildman–Crippen MR) is 107 cm³/mol. The molecular formula is C20H29N3O4S. The summed E-state index contributed by atoms with van der Waals surface area (Å²) in [6.07, 6.45) is 3.56. The average molecular weight is 408 g/mol. The molecule has 0 N–H and O–H groups in total. The summed E-state index contributed by atoms with van der Waals surface area (Å²) in [7, 11) is -3.36. The van der Waals surface area contributed by atoms with E-state index in [1.807, 2.05) is 30.3 Å². The number of sulfonamides is 1. The number of amides is 2. The van der Waals surface area contributed by atoms with E-state index in [9.17, 15) is 18.0 Å². The molecule has 28 heavy (non-hydrogen) atoms. The predicted octanol–water partition coefficient (Wildman–Crippen LogP) is 0.962. The Morgan fingerprint density at radius 1 is 1.07 bits per heavy atom. The minimum Gasteiger partial charge on any atom is -0.342 e. The Labute approximate surface area is 167 Å². The van der Waals surface area contributed by atoms with E-state index >= 15 is 0 Å². The summed E-state index contributed by atoms with van der Waals surface area (Å²) < 4.78 is 27.0. The zero-order chi connectivity index (χ0) is 20.0. The third-order valence-electron chi connectivity index (χ3n) is 5.61. The molecule has 1 atom stereocenters. The van der Waals surface area contributed by atoms with Gasteiger partial charge in [-0.25, -0.2) is 12.7 Å². The molecule has 2 saturated heterocycles. The maximum absolute atomic E-state index is 12.8. The van der Waals surface area contributed by atoms with Crippen molar-refractivity contribution in [2.45, 2.75) is 25.7 Å². The van der Waals surface area contributed by atoms with Crippen LogP contribution in [0, 0.1) is 5.92 Å². The van der Waals surface area contributed by atoms with E-state index in [2.05, 4.69) is 0 Å². The van der Waals surface area contributed by atoms with E-state index < -0.39 is 10.0 Å². The van der Waals surface area contributed by atoms with Crippen LogP contribution in [0.2, 0.25) is 0 Å². The Morgan fingerprint density at radius 3 is 2.46 bits per heavy atom. The summed E-state index contributed by atoms with van der Waals surface area (Å²) >= 11 is 0. The average Bonchev–Trinajstić information content (AvgIpc) is 2.74. The van der Waals surface area contributed by atoms with Crippen LogP contribution < -0.4 is 0 Å². The van der Waals surface area contributed by atoms with E-state index in [1.54, 1.807) is 9.80 Å². The van der Waals surface area contributed by atoms with Crippen molar-refractivity contribution in [1.29, 1.82) is 0 Å². The number of carbonyl (C=O) groups excluding carboxylic acids is 2. The van der Waals surface area contributed by atoms with Crippen LogP contribution in [0.4, 0.5) is 0 Å². The molecule has 0 aliphatic carbocycles. The number of piperazine rings is 1. The van der Waals surface area contributed by atoms with E-state index in [0.717, 1.165) is 24.8 Å². The normalized spacial score (nSPS) is 21.5. The van der Waals surface area contributed by atoms with E-state index in [4.69, 9.17) is 0 Å². The second-order valence-electron chi connectivity index (χ2n) is 7.57. The first-order valence-electron chi connectivity index (χ1n) is 9.99. The van der Waals surface area contributed by atoms with Crippen molar-refractivity contribution in [3.8, 4) is 0 Å². The van der Waals surface area contributed by atoms with Crippen LogP contribution >= 0.6 is 0 Å². The minimum atomic E-state index is -3.36. The molecule has 0 spiro atoms. The molecule has 2 heterocycles. The monoisotopic (exact) mass is 407 g/mol. The van der Waals surface area contributed by atoms with Crippen molar-refractivity contribution in [3.05, 3.63) is 35.9 Å². The van der Waals surface area contributed by atoms with Gasteiger partial charge < -0.3 is 9.80 Å². The second-order valence-corrected chi connectivity index (χ2v) is 9.66. The zero-order valence-corrected chi connectivity index (χ0v) is 17.0. The maximum Gasteiger partial charge on any atom is 0.227 e. The zero-order valence-electron chi connectivity index (χ0n) is 16.2. The lowest BCUT2D eigenvalue weighted by Crippen LogP contribution is -2.52. The number of aryl methyl sites for hydroxylation is 1. The van der Waals surface area contributed by atoms with Gasteiger partial charge in [0.2, 0.25) is 22.3 Å². The van der Waals surface area contributed by atoms with Crippen molar-refractivity contribution in [2.75, 3.05) is 45.0 Å². The molecule has 0 saturated carbocycles. The van der Waals surface area contributed by atoms with Crippen molar-refractivity contribution >= 4 is 22.3 Å². The molecule has 0 aromatic heterocycles. The van der Waals surface area contributed by atoms with Gasteiger partial charge in [0.05, 0.1) is 11.7 Å². The van der Waals surface area contributed by atoms with Crippen LogP contribution in [-0.2, 0) is 26.0 Å². The van der Waals surface area contributed by atoms with Gasteiger partial charge >= 0.3 is 0 Å². The summed E-state index contributed by atoms with van der Waals surface area (Å²) in [6, 6.07) is 9.88. The van der Waals surface area contributed by atoms with Crippen LogP contribution in [0.5, 0.6) is 0 Å². The fourth-order valence-electron chi connectivity index (χ4n) is 3.94. The highest BCUT2D eigenvalue weighted by Crippen LogP contribution is 2.22. The van der Waals surface area contributed by atoms with E-state index in [-0.39, 0.29) is 24.1 Å². The summed E-state index contributed by atoms with van der Waals surface area (Å²) in [6.45, 7) is 2.92. The van der Waals surface area contributed by atoms with Crippen molar-refractivity contribution in [3.63, 3.8) is 0 Å². The Balaban J connectivity index is 1.51. The SMILES string of the molecule is O=CN1CCN(C(=O)[C@H]2CCCN(S(=O)(=O)CCCc3ccccc3)C2)CC1. The topological polar surface area (TPSA) is 78.0 Å². The molecule has 0 radical (unpaired) electrons. The number of piperidine rings is 1. The third kappa shape index (κ3) is 5.32. The summed E-state index contributed by atoms with van der Waals surface area (Å²) in [5, 5.41) is 0. The van der Waals surface area contributed by atoms with Gasteiger partial charge in [-0.05, 0) is 31.2 Å². The Bertz CT molecular complexity index is 761. The number of hydrogen-bond acceptors (Lipinski definition) is 4. The standard InChI is InChI=1S/C20H29N3O4S/c24-17-21-11-13-22(14-12-21)20(25)19-9-4-10-23(16-19)28(26,27)15-5-8-18-6-2-1-3-7-18/h1-3,6-7,17,19H,4-5,8-16H2/t19-/m0/s1. The molecule has 2 fully saturated rings. The quantitative estimate of drug-likeness (QED) is 0.631. The van der Waals surface area contributed by atoms with Gasteiger partial charge in [0.15, 0.2) is 0 Å². The first-order chi connectivity index (χ1) is 13.5. The fourth-order valence-corrected chi connectivity index (χ4v) is 5.52. The Morgan fingerprint density at radius 2 is 1.79 bits per heavy atom. The molecular weight excluding hydrogens is 378 g/mol. The first kappa shape index (κ1) is 20.8. The largest absolute Gasteiger partial charge is 0.342 e. The number of rotatable bonds is 7. The fraction of sp³-hybridized carbons (Fsp3) is 0.600. The maximum atomic E-state index is 12.8. The number of benzene rings is 1. The molecule has 8 heteroatoms. The molecule has 2 aliphatic rings. The minimum absolute atomic E-state index is 0.0229. The van der Waals surface area contributed by atoms with Crippen LogP contribution in [0.3, 0.4) is 0 Å². The molecule has 0 unspecified atom stereocenters. The van der Waals surface area contributed by atoms with Gasteiger partial charge in [-0.2, -0.15) is 0 Å². The van der Waals surface area contributed by atoms with Crippen molar-refractivity contribution < 1.29 is 18.0 Å². The Hall–Kier alpha value is -1.93. The molecule has 2 amide bonds. The molecule has 1 aromatic carbocycles. The van der Waals surface area contributed by atoms with Crippen LogP contribution in [0.1, 0.15) is 24.8 Å². The van der Waals surface area contributed by atoms with Crippen LogP contribution in [0.25, 0.3) is 0 Å². The highest BCUT2D eigenvalue weighted by molar-refractivity contribution is 7.89. The molecule has 7 nitrogen and oxygen atoms in total. The molecule has 3 rings (SSSR count). The summed E-state index contributed by atoms with van der Waals surface area (Å²) in [5.41, 5.74) is 1.14. The lowest BCUT2D eigenvalue weighted by Gasteiger charge is -2.37. The highest BCUT2D eigenvalue weighted by atomic mass is 32.2. The third-order valence-corrected chi connectivity index (χ3v) is 7.54. The van der Waals surface area contributed by atoms with Gasteiger partial charge in [-0.15, -0.1) is 0 Å². The van der Waals surface area contributed by atoms with Gasteiger partial charge in [-0.3, -0.25) is 9.59 Å². The summed E-state index contributed by atoms with van der Waals surface area (Å²) in [4.78, 5) is 27.1.